The Morgan fingerprint density at radius 2 is 2.11 bits per heavy atom. The number of rotatable bonds is 4. The summed E-state index contributed by atoms with van der Waals surface area (Å²) in [5.41, 5.74) is 1.41. The first-order chi connectivity index (χ1) is 8.67. The average molecular weight is 270 g/mol. The van der Waals surface area contributed by atoms with Crippen molar-refractivity contribution >= 4 is 11.6 Å². The molecule has 0 saturated carbocycles. The van der Waals surface area contributed by atoms with Gasteiger partial charge in [0.2, 0.25) is 0 Å². The number of halogens is 2. The van der Waals surface area contributed by atoms with Crippen LogP contribution < -0.4 is 10.1 Å². The molecule has 0 spiro atoms. The van der Waals surface area contributed by atoms with Gasteiger partial charge in [0.25, 0.3) is 0 Å². The van der Waals surface area contributed by atoms with Crippen LogP contribution in [0.2, 0.25) is 5.22 Å². The highest BCUT2D eigenvalue weighted by atomic mass is 35.5. The van der Waals surface area contributed by atoms with E-state index in [0.717, 1.165) is 5.56 Å². The molecule has 96 valence electrons. The highest BCUT2D eigenvalue weighted by molar-refractivity contribution is 6.29. The minimum atomic E-state index is -0.328. The molecule has 0 saturated heterocycles. The first kappa shape index (κ1) is 12.9. The van der Waals surface area contributed by atoms with E-state index in [-0.39, 0.29) is 17.1 Å². The molecule has 0 fully saturated rings. The van der Waals surface area contributed by atoms with Crippen molar-refractivity contribution < 1.29 is 13.5 Å². The van der Waals surface area contributed by atoms with Crippen molar-refractivity contribution in [3.05, 3.63) is 52.7 Å². The average Bonchev–Trinajstić information content (AvgIpc) is 2.77. The Balaban J connectivity index is 2.51. The Morgan fingerprint density at radius 3 is 2.67 bits per heavy atom. The first-order valence-electron chi connectivity index (χ1n) is 5.41. The van der Waals surface area contributed by atoms with Crippen LogP contribution in [-0.2, 0) is 0 Å². The van der Waals surface area contributed by atoms with Crippen LogP contribution in [0.15, 0.2) is 34.9 Å². The lowest BCUT2D eigenvalue weighted by molar-refractivity contribution is 0.403. The van der Waals surface area contributed by atoms with Gasteiger partial charge in [-0.15, -0.1) is 0 Å². The summed E-state index contributed by atoms with van der Waals surface area (Å²) in [5.74, 6) is 0.263. The second-order valence-corrected chi connectivity index (χ2v) is 4.10. The maximum absolute atomic E-state index is 13.4. The zero-order chi connectivity index (χ0) is 13.1. The molecule has 1 aromatic heterocycles. The molecule has 0 aliphatic heterocycles. The lowest BCUT2D eigenvalue weighted by atomic mass is 10.00. The van der Waals surface area contributed by atoms with E-state index in [9.17, 15) is 4.39 Å². The van der Waals surface area contributed by atoms with Crippen LogP contribution >= 0.6 is 11.6 Å². The summed E-state index contributed by atoms with van der Waals surface area (Å²) < 4.78 is 23.7. The van der Waals surface area contributed by atoms with E-state index in [4.69, 9.17) is 20.8 Å². The van der Waals surface area contributed by atoms with Gasteiger partial charge in [-0.05, 0) is 42.9 Å². The Kier molecular flexibility index (Phi) is 3.89. The van der Waals surface area contributed by atoms with Crippen molar-refractivity contribution in [2.45, 2.75) is 6.04 Å². The lowest BCUT2D eigenvalue weighted by Gasteiger charge is -2.18. The molecule has 1 atom stereocenters. The molecule has 2 rings (SSSR count). The number of ether oxygens (including phenoxy) is 1. The quantitative estimate of drug-likeness (QED) is 0.924. The maximum Gasteiger partial charge on any atom is 0.198 e. The highest BCUT2D eigenvalue weighted by Gasteiger charge is 2.21. The predicted molar refractivity (Wildman–Crippen MR) is 67.6 cm³/mol. The third kappa shape index (κ3) is 2.35. The number of furan rings is 1. The van der Waals surface area contributed by atoms with Gasteiger partial charge in [0.05, 0.1) is 19.4 Å². The molecule has 0 aliphatic rings. The molecule has 2 aromatic rings. The van der Waals surface area contributed by atoms with Crippen molar-refractivity contribution in [2.75, 3.05) is 14.2 Å². The van der Waals surface area contributed by atoms with E-state index in [0.29, 0.717) is 11.3 Å². The van der Waals surface area contributed by atoms with Gasteiger partial charge < -0.3 is 14.5 Å². The summed E-state index contributed by atoms with van der Waals surface area (Å²) in [6.07, 6.45) is 1.49. The van der Waals surface area contributed by atoms with Gasteiger partial charge in [0.15, 0.2) is 5.22 Å². The molecule has 0 amide bonds. The van der Waals surface area contributed by atoms with Gasteiger partial charge in [0, 0.05) is 11.1 Å². The number of hydrogen-bond acceptors (Lipinski definition) is 3. The third-order valence-electron chi connectivity index (χ3n) is 2.75. The first-order valence-corrected chi connectivity index (χ1v) is 5.78. The number of nitrogens with one attached hydrogen (secondary N) is 1. The fourth-order valence-corrected chi connectivity index (χ4v) is 2.14. The zero-order valence-corrected chi connectivity index (χ0v) is 10.8. The van der Waals surface area contributed by atoms with Crippen LogP contribution in [0.3, 0.4) is 0 Å². The van der Waals surface area contributed by atoms with Crippen molar-refractivity contribution in [2.24, 2.45) is 0 Å². The van der Waals surface area contributed by atoms with Crippen LogP contribution in [-0.4, -0.2) is 14.2 Å². The summed E-state index contributed by atoms with van der Waals surface area (Å²) in [6.45, 7) is 0. The molecule has 1 unspecified atom stereocenters. The molecule has 0 radical (unpaired) electrons. The van der Waals surface area contributed by atoms with Gasteiger partial charge >= 0.3 is 0 Å². The number of benzene rings is 1. The normalized spacial score (nSPS) is 12.4. The van der Waals surface area contributed by atoms with Crippen molar-refractivity contribution in [3.8, 4) is 5.75 Å². The largest absolute Gasteiger partial charge is 0.496 e. The van der Waals surface area contributed by atoms with Crippen LogP contribution in [0.5, 0.6) is 5.75 Å². The van der Waals surface area contributed by atoms with E-state index in [1.54, 1.807) is 26.3 Å². The van der Waals surface area contributed by atoms with Crippen LogP contribution in [0, 0.1) is 5.82 Å². The monoisotopic (exact) mass is 269 g/mol. The van der Waals surface area contributed by atoms with Crippen molar-refractivity contribution in [1.82, 2.24) is 5.32 Å². The summed E-state index contributed by atoms with van der Waals surface area (Å²) >= 11 is 5.96. The third-order valence-corrected chi connectivity index (χ3v) is 3.06. The maximum atomic E-state index is 13.4. The molecule has 5 heteroatoms. The van der Waals surface area contributed by atoms with Gasteiger partial charge in [-0.25, -0.2) is 4.39 Å². The fraction of sp³-hybridized carbons (Fsp3) is 0.231. The summed E-state index contributed by atoms with van der Waals surface area (Å²) in [4.78, 5) is 0. The second-order valence-electron chi connectivity index (χ2n) is 3.76. The highest BCUT2D eigenvalue weighted by Crippen LogP contribution is 2.34. The molecule has 3 nitrogen and oxygen atoms in total. The SMILES string of the molecule is CNC(c1cc(F)ccc1OC)c1ccoc1Cl. The Bertz CT molecular complexity index is 542. The minimum Gasteiger partial charge on any atom is -0.496 e. The topological polar surface area (TPSA) is 34.4 Å². The fourth-order valence-electron chi connectivity index (χ4n) is 1.92. The predicted octanol–water partition coefficient (Wildman–Crippen LogP) is 3.39. The van der Waals surface area contributed by atoms with Crippen molar-refractivity contribution in [1.29, 1.82) is 0 Å². The summed E-state index contributed by atoms with van der Waals surface area (Å²) in [7, 11) is 3.30. The lowest BCUT2D eigenvalue weighted by Crippen LogP contribution is -2.18. The Labute approximate surface area is 110 Å². The van der Waals surface area contributed by atoms with Crippen LogP contribution in [0.1, 0.15) is 17.2 Å². The van der Waals surface area contributed by atoms with E-state index < -0.39 is 0 Å². The molecular formula is C13H13ClFNO2. The zero-order valence-electron chi connectivity index (χ0n) is 10.0. The molecule has 1 heterocycles. The molecule has 0 bridgehead atoms. The van der Waals surface area contributed by atoms with Crippen molar-refractivity contribution in [3.63, 3.8) is 0 Å². The second kappa shape index (κ2) is 5.42. The van der Waals surface area contributed by atoms with E-state index in [2.05, 4.69) is 5.32 Å². The standard InChI is InChI=1S/C13H13ClFNO2/c1-16-12(9-5-6-18-13(9)14)10-7-8(15)3-4-11(10)17-2/h3-7,12,16H,1-2H3. The van der Waals surface area contributed by atoms with Gasteiger partial charge in [-0.2, -0.15) is 0 Å². The molecule has 1 N–H and O–H groups in total. The van der Waals surface area contributed by atoms with E-state index in [1.807, 2.05) is 0 Å². The summed E-state index contributed by atoms with van der Waals surface area (Å²) in [6, 6.07) is 5.81. The number of hydrogen-bond donors (Lipinski definition) is 1. The minimum absolute atomic E-state index is 0.278. The Hall–Kier alpha value is -1.52. The summed E-state index contributed by atoms with van der Waals surface area (Å²) in [5, 5.41) is 3.35. The van der Waals surface area contributed by atoms with E-state index >= 15 is 0 Å². The van der Waals surface area contributed by atoms with E-state index in [1.165, 1.54) is 18.4 Å². The molecular weight excluding hydrogens is 257 g/mol. The van der Waals surface area contributed by atoms with Gasteiger partial charge in [-0.3, -0.25) is 0 Å². The Morgan fingerprint density at radius 1 is 1.33 bits per heavy atom. The molecule has 18 heavy (non-hydrogen) atoms. The van der Waals surface area contributed by atoms with Crippen LogP contribution in [0.4, 0.5) is 4.39 Å². The molecule has 1 aromatic carbocycles. The smallest absolute Gasteiger partial charge is 0.198 e. The molecule has 0 aliphatic carbocycles. The van der Waals surface area contributed by atoms with Gasteiger partial charge in [0.1, 0.15) is 11.6 Å². The number of methoxy groups -OCH3 is 1. The van der Waals surface area contributed by atoms with Gasteiger partial charge in [-0.1, -0.05) is 0 Å². The van der Waals surface area contributed by atoms with Crippen LogP contribution in [0.25, 0.3) is 0 Å².